The minimum absolute atomic E-state index is 0.104. The van der Waals surface area contributed by atoms with E-state index in [1.807, 2.05) is 0 Å². The zero-order valence-electron chi connectivity index (χ0n) is 8.54. The minimum atomic E-state index is -2.80. The average Bonchev–Trinajstić information content (AvgIpc) is 2.42. The number of rotatable bonds is 3. The molecule has 0 aromatic rings. The molecule has 2 heterocycles. The highest BCUT2D eigenvalue weighted by Gasteiger charge is 2.46. The lowest BCUT2D eigenvalue weighted by molar-refractivity contribution is 0.405. The van der Waals surface area contributed by atoms with Gasteiger partial charge in [0.2, 0.25) is 0 Å². The summed E-state index contributed by atoms with van der Waals surface area (Å²) in [6.45, 7) is 0.501. The first-order valence-electron chi connectivity index (χ1n) is 5.38. The summed E-state index contributed by atoms with van der Waals surface area (Å²) in [6, 6.07) is 0. The topological polar surface area (TPSA) is 82.9 Å². The largest absolute Gasteiger partial charge is 0.228 e. The molecular formula is C9H15N3O2S. The molecule has 2 bridgehead atoms. The first-order valence-corrected chi connectivity index (χ1v) is 6.99. The summed E-state index contributed by atoms with van der Waals surface area (Å²) < 4.78 is 23.5. The molecule has 6 heteroatoms. The Kier molecular flexibility index (Phi) is 2.89. The van der Waals surface area contributed by atoms with Gasteiger partial charge in [-0.15, -0.1) is 0 Å². The van der Waals surface area contributed by atoms with Gasteiger partial charge in [-0.05, 0) is 43.6 Å². The molecule has 0 amide bonds. The molecule has 2 rings (SSSR count). The summed E-state index contributed by atoms with van der Waals surface area (Å²) in [5, 5.41) is 3.30. The first kappa shape index (κ1) is 10.8. The van der Waals surface area contributed by atoms with Crippen LogP contribution in [0.3, 0.4) is 0 Å². The third-order valence-corrected chi connectivity index (χ3v) is 6.35. The number of sulfone groups is 1. The van der Waals surface area contributed by atoms with Crippen molar-refractivity contribution < 1.29 is 8.42 Å². The van der Waals surface area contributed by atoms with Gasteiger partial charge in [0.15, 0.2) is 9.84 Å². The number of azide groups is 1. The van der Waals surface area contributed by atoms with Crippen LogP contribution < -0.4 is 0 Å². The van der Waals surface area contributed by atoms with Crippen molar-refractivity contribution in [3.63, 3.8) is 0 Å². The lowest BCUT2D eigenvalue weighted by atomic mass is 9.96. The summed E-state index contributed by atoms with van der Waals surface area (Å²) in [4.78, 5) is 2.71. The van der Waals surface area contributed by atoms with Crippen molar-refractivity contribution >= 4 is 9.84 Å². The molecule has 0 aliphatic carbocycles. The molecule has 2 saturated heterocycles. The van der Waals surface area contributed by atoms with E-state index in [0.29, 0.717) is 12.5 Å². The molecule has 2 aliphatic heterocycles. The highest BCUT2D eigenvalue weighted by Crippen LogP contribution is 2.42. The standard InChI is InChI=1S/C9H15N3O2S/c10-12-11-4-3-7-5-8-1-2-9(6-7)15(8,13)14/h7-9H,1-6H2. The van der Waals surface area contributed by atoms with Crippen LogP contribution in [-0.4, -0.2) is 25.5 Å². The van der Waals surface area contributed by atoms with E-state index >= 15 is 0 Å². The second-order valence-corrected chi connectivity index (χ2v) is 7.00. The number of hydrogen-bond acceptors (Lipinski definition) is 3. The predicted molar refractivity (Wildman–Crippen MR) is 57.1 cm³/mol. The zero-order chi connectivity index (χ0) is 10.9. The van der Waals surface area contributed by atoms with Gasteiger partial charge in [-0.25, -0.2) is 8.42 Å². The number of hydrogen-bond donors (Lipinski definition) is 0. The molecular weight excluding hydrogens is 214 g/mol. The quantitative estimate of drug-likeness (QED) is 0.421. The molecule has 84 valence electrons. The molecule has 0 radical (unpaired) electrons. The van der Waals surface area contributed by atoms with Crippen LogP contribution in [0.5, 0.6) is 0 Å². The summed E-state index contributed by atoms with van der Waals surface area (Å²) in [6.07, 6.45) is 4.07. The Morgan fingerprint density at radius 1 is 1.27 bits per heavy atom. The van der Waals surface area contributed by atoms with E-state index in [9.17, 15) is 8.42 Å². The van der Waals surface area contributed by atoms with Crippen molar-refractivity contribution in [3.05, 3.63) is 10.4 Å². The Balaban J connectivity index is 1.97. The fourth-order valence-electron chi connectivity index (χ4n) is 2.84. The molecule has 2 aliphatic rings. The van der Waals surface area contributed by atoms with E-state index in [4.69, 9.17) is 5.53 Å². The van der Waals surface area contributed by atoms with Crippen LogP contribution in [0.25, 0.3) is 10.4 Å². The van der Waals surface area contributed by atoms with Crippen LogP contribution in [0, 0.1) is 5.92 Å². The van der Waals surface area contributed by atoms with Crippen molar-refractivity contribution in [2.75, 3.05) is 6.54 Å². The Morgan fingerprint density at radius 3 is 2.40 bits per heavy atom. The fraction of sp³-hybridized carbons (Fsp3) is 1.00. The van der Waals surface area contributed by atoms with Gasteiger partial charge >= 0.3 is 0 Å². The highest BCUT2D eigenvalue weighted by atomic mass is 32.2. The van der Waals surface area contributed by atoms with Gasteiger partial charge in [0.25, 0.3) is 0 Å². The molecule has 0 aromatic carbocycles. The molecule has 2 atom stereocenters. The summed E-state index contributed by atoms with van der Waals surface area (Å²) in [5.41, 5.74) is 8.16. The van der Waals surface area contributed by atoms with Gasteiger partial charge in [-0.1, -0.05) is 5.11 Å². The van der Waals surface area contributed by atoms with Crippen LogP contribution >= 0.6 is 0 Å². The van der Waals surface area contributed by atoms with Crippen LogP contribution in [0.4, 0.5) is 0 Å². The van der Waals surface area contributed by atoms with Gasteiger partial charge in [-0.2, -0.15) is 0 Å². The molecule has 15 heavy (non-hydrogen) atoms. The molecule has 2 fully saturated rings. The SMILES string of the molecule is [N-]=[N+]=NCCC1CC2CCC(C1)S2(=O)=O. The van der Waals surface area contributed by atoms with E-state index < -0.39 is 9.84 Å². The predicted octanol–water partition coefficient (Wildman–Crippen LogP) is 2.04. The normalized spacial score (nSPS) is 37.2. The second kappa shape index (κ2) is 4.02. The van der Waals surface area contributed by atoms with Crippen LogP contribution in [0.1, 0.15) is 32.1 Å². The average molecular weight is 229 g/mol. The third-order valence-electron chi connectivity index (χ3n) is 3.63. The van der Waals surface area contributed by atoms with Gasteiger partial charge < -0.3 is 0 Å². The molecule has 5 nitrogen and oxygen atoms in total. The summed E-state index contributed by atoms with van der Waals surface area (Å²) in [7, 11) is -2.80. The van der Waals surface area contributed by atoms with Crippen LogP contribution in [-0.2, 0) is 9.84 Å². The molecule has 0 spiro atoms. The molecule has 0 aromatic heterocycles. The Morgan fingerprint density at radius 2 is 1.87 bits per heavy atom. The van der Waals surface area contributed by atoms with E-state index in [1.54, 1.807) is 0 Å². The van der Waals surface area contributed by atoms with Crippen molar-refractivity contribution in [1.29, 1.82) is 0 Å². The van der Waals surface area contributed by atoms with E-state index in [-0.39, 0.29) is 10.5 Å². The van der Waals surface area contributed by atoms with Gasteiger partial charge in [0.1, 0.15) is 0 Å². The molecule has 0 saturated carbocycles. The minimum Gasteiger partial charge on any atom is -0.228 e. The van der Waals surface area contributed by atoms with Gasteiger partial charge in [0.05, 0.1) is 10.5 Å². The molecule has 0 N–H and O–H groups in total. The zero-order valence-corrected chi connectivity index (χ0v) is 9.36. The first-order chi connectivity index (χ1) is 7.14. The number of nitrogens with zero attached hydrogens (tertiary/aromatic N) is 3. The monoisotopic (exact) mass is 229 g/mol. The Hall–Kier alpha value is -0.740. The van der Waals surface area contributed by atoms with Crippen LogP contribution in [0.15, 0.2) is 5.11 Å². The van der Waals surface area contributed by atoms with Gasteiger partial charge in [0, 0.05) is 11.5 Å². The van der Waals surface area contributed by atoms with E-state index in [0.717, 1.165) is 32.1 Å². The van der Waals surface area contributed by atoms with Crippen molar-refractivity contribution in [3.8, 4) is 0 Å². The summed E-state index contributed by atoms with van der Waals surface area (Å²) in [5.74, 6) is 0.441. The smallest absolute Gasteiger partial charge is 0.156 e. The van der Waals surface area contributed by atoms with Crippen molar-refractivity contribution in [2.45, 2.75) is 42.6 Å². The maximum absolute atomic E-state index is 11.8. The van der Waals surface area contributed by atoms with Crippen molar-refractivity contribution in [1.82, 2.24) is 0 Å². The maximum Gasteiger partial charge on any atom is 0.156 e. The highest BCUT2D eigenvalue weighted by molar-refractivity contribution is 7.93. The van der Waals surface area contributed by atoms with Crippen LogP contribution in [0.2, 0.25) is 0 Å². The Labute approximate surface area is 89.4 Å². The van der Waals surface area contributed by atoms with E-state index in [2.05, 4.69) is 10.0 Å². The third kappa shape index (κ3) is 1.96. The fourth-order valence-corrected chi connectivity index (χ4v) is 5.39. The number of fused-ring (bicyclic) bond motifs is 2. The van der Waals surface area contributed by atoms with Gasteiger partial charge in [-0.3, -0.25) is 0 Å². The maximum atomic E-state index is 11.8. The summed E-state index contributed by atoms with van der Waals surface area (Å²) >= 11 is 0. The second-order valence-electron chi connectivity index (χ2n) is 4.49. The van der Waals surface area contributed by atoms with E-state index in [1.165, 1.54) is 0 Å². The molecule has 2 unspecified atom stereocenters. The lowest BCUT2D eigenvalue weighted by Crippen LogP contribution is -2.33. The Bertz CT molecular complexity index is 366. The van der Waals surface area contributed by atoms with Crippen molar-refractivity contribution in [2.24, 2.45) is 11.0 Å². The lowest BCUT2D eigenvalue weighted by Gasteiger charge is -2.27.